The van der Waals surface area contributed by atoms with Crippen LogP contribution in [0.3, 0.4) is 0 Å². The Labute approximate surface area is 417 Å². The molecule has 0 rings (SSSR count). The van der Waals surface area contributed by atoms with E-state index < -0.39 is 5.97 Å². The Kier molecular flexibility index (Phi) is 53.8. The molecule has 0 aromatic heterocycles. The van der Waals surface area contributed by atoms with E-state index in [0.717, 1.165) is 77.0 Å². The van der Waals surface area contributed by atoms with Gasteiger partial charge in [-0.15, -0.1) is 0 Å². The predicted molar refractivity (Wildman–Crippen MR) is 271 cm³/mol. The summed E-state index contributed by atoms with van der Waals surface area (Å²) in [6.07, 6.45) is 30.5. The summed E-state index contributed by atoms with van der Waals surface area (Å²) in [6.45, 7) is 11.4. The number of nitrogens with one attached hydrogen (secondary N) is 2. The van der Waals surface area contributed by atoms with Gasteiger partial charge in [0, 0.05) is 39.7 Å². The number of esters is 3. The number of methoxy groups -OCH3 is 1. The molecule has 0 spiro atoms. The fourth-order valence-corrected chi connectivity index (χ4v) is 6.60. The average molecular weight is 987 g/mol. The van der Waals surface area contributed by atoms with Gasteiger partial charge in [0.15, 0.2) is 5.78 Å². The fraction of sp³-hybridized carbons (Fsp3) is 0.849. The molecule has 1 atom stereocenters. The van der Waals surface area contributed by atoms with Crippen LogP contribution >= 0.6 is 0 Å². The maximum absolute atomic E-state index is 12.1. The third-order valence-corrected chi connectivity index (χ3v) is 10.6. The highest BCUT2D eigenvalue weighted by Gasteiger charge is 2.11. The van der Waals surface area contributed by atoms with Gasteiger partial charge in [0.25, 0.3) is 0 Å². The minimum atomic E-state index is -0.451. The van der Waals surface area contributed by atoms with Crippen LogP contribution in [-0.4, -0.2) is 162 Å². The van der Waals surface area contributed by atoms with E-state index in [1.807, 2.05) is 12.2 Å². The highest BCUT2D eigenvalue weighted by molar-refractivity contribution is 5.83. The number of carbonyl (C=O) groups is 4. The van der Waals surface area contributed by atoms with E-state index in [2.05, 4.69) is 36.6 Å². The molecule has 69 heavy (non-hydrogen) atoms. The van der Waals surface area contributed by atoms with Crippen LogP contribution in [0.1, 0.15) is 155 Å². The number of Topliss-reactive ketones (excluding diaryl/α,β-unsaturated/α-hetero) is 1. The van der Waals surface area contributed by atoms with E-state index in [-0.39, 0.29) is 56.7 Å². The van der Waals surface area contributed by atoms with Crippen LogP contribution in [0, 0.1) is 0 Å². The van der Waals surface area contributed by atoms with E-state index in [9.17, 15) is 19.2 Å². The Morgan fingerprint density at radius 2 is 0.884 bits per heavy atom. The van der Waals surface area contributed by atoms with Crippen LogP contribution in [0.15, 0.2) is 24.3 Å². The highest BCUT2D eigenvalue weighted by atomic mass is 16.6. The number of ketones is 1. The molecule has 2 N–H and O–H groups in total. The highest BCUT2D eigenvalue weighted by Crippen LogP contribution is 2.10. The van der Waals surface area contributed by atoms with Crippen molar-refractivity contribution in [2.45, 2.75) is 161 Å². The first-order chi connectivity index (χ1) is 33.9. The molecule has 0 heterocycles. The molecule has 0 bridgehead atoms. The second-order valence-corrected chi connectivity index (χ2v) is 17.1. The molecule has 0 aliphatic rings. The van der Waals surface area contributed by atoms with Gasteiger partial charge in [0.05, 0.1) is 85.7 Å². The molecule has 1 unspecified atom stereocenters. The van der Waals surface area contributed by atoms with Crippen molar-refractivity contribution in [2.24, 2.45) is 0 Å². The van der Waals surface area contributed by atoms with E-state index in [1.54, 1.807) is 7.11 Å². The quantitative estimate of drug-likeness (QED) is 0.0257. The number of carbonyl (C=O) groups excluding carboxylic acids is 4. The Morgan fingerprint density at radius 3 is 1.43 bits per heavy atom. The van der Waals surface area contributed by atoms with Gasteiger partial charge in [-0.2, -0.15) is 0 Å². The Morgan fingerprint density at radius 1 is 0.420 bits per heavy atom. The Balaban J connectivity index is 4.18. The Hall–Kier alpha value is -2.80. The lowest BCUT2D eigenvalue weighted by Gasteiger charge is -2.18. The first-order valence-corrected chi connectivity index (χ1v) is 26.6. The maximum Gasteiger partial charge on any atom is 0.320 e. The predicted octanol–water partition coefficient (Wildman–Crippen LogP) is 8.21. The SMILES string of the molecule is CCCCCC/C=C\COC(=O)CCCCCCCOCC(COCCOCCOCCOCCOC(=O)CNCC(=O)CNCCOC)OCCCCCCCC(=O)OC/C=C\CCCCCC. The zero-order valence-electron chi connectivity index (χ0n) is 43.6. The Bertz CT molecular complexity index is 1210. The minimum absolute atomic E-state index is 0.0504. The molecule has 0 aliphatic carbocycles. The summed E-state index contributed by atoms with van der Waals surface area (Å²) in [5, 5.41) is 5.73. The molecule has 0 aliphatic heterocycles. The molecule has 0 saturated carbocycles. The number of ether oxygens (including phenoxy) is 10. The van der Waals surface area contributed by atoms with Crippen molar-refractivity contribution in [2.75, 3.05) is 132 Å². The zero-order valence-corrected chi connectivity index (χ0v) is 43.6. The van der Waals surface area contributed by atoms with Crippen molar-refractivity contribution < 1.29 is 66.5 Å². The summed E-state index contributed by atoms with van der Waals surface area (Å²) < 4.78 is 55.4. The minimum Gasteiger partial charge on any atom is -0.462 e. The number of unbranched alkanes of at least 4 members (excludes halogenated alkanes) is 16. The number of hydrogen-bond donors (Lipinski definition) is 2. The van der Waals surface area contributed by atoms with E-state index in [1.165, 1.54) is 51.4 Å². The van der Waals surface area contributed by atoms with Gasteiger partial charge in [-0.3, -0.25) is 19.2 Å². The molecule has 0 radical (unpaired) electrons. The smallest absolute Gasteiger partial charge is 0.320 e. The normalized spacial score (nSPS) is 12.0. The summed E-state index contributed by atoms with van der Waals surface area (Å²) >= 11 is 0. The molecule has 0 amide bonds. The van der Waals surface area contributed by atoms with Crippen LogP contribution in [0.25, 0.3) is 0 Å². The molecule has 0 fully saturated rings. The summed E-state index contributed by atoms with van der Waals surface area (Å²) in [5.41, 5.74) is 0. The molecular weight excluding hydrogens is 889 g/mol. The topological polar surface area (TPSA) is 185 Å². The summed E-state index contributed by atoms with van der Waals surface area (Å²) in [7, 11) is 1.60. The molecule has 0 aromatic rings. The summed E-state index contributed by atoms with van der Waals surface area (Å²) in [4.78, 5) is 47.6. The first-order valence-electron chi connectivity index (χ1n) is 26.6. The molecular formula is C53H98N2O14. The zero-order chi connectivity index (χ0) is 50.2. The molecule has 0 saturated heterocycles. The lowest BCUT2D eigenvalue weighted by Crippen LogP contribution is -2.35. The second kappa shape index (κ2) is 56.1. The third-order valence-electron chi connectivity index (χ3n) is 10.6. The van der Waals surface area contributed by atoms with Gasteiger partial charge in [0.2, 0.25) is 0 Å². The van der Waals surface area contributed by atoms with Crippen molar-refractivity contribution in [3.8, 4) is 0 Å². The van der Waals surface area contributed by atoms with Gasteiger partial charge in [-0.25, -0.2) is 0 Å². The van der Waals surface area contributed by atoms with E-state index in [4.69, 9.17) is 47.4 Å². The molecule has 404 valence electrons. The summed E-state index contributed by atoms with van der Waals surface area (Å²) in [5.74, 6) is -0.756. The van der Waals surface area contributed by atoms with Gasteiger partial charge in [-0.05, 0) is 51.4 Å². The maximum atomic E-state index is 12.1. The number of rotatable bonds is 56. The van der Waals surface area contributed by atoms with Gasteiger partial charge in [-0.1, -0.05) is 115 Å². The lowest BCUT2D eigenvalue weighted by atomic mass is 10.1. The van der Waals surface area contributed by atoms with Gasteiger partial charge >= 0.3 is 17.9 Å². The third kappa shape index (κ3) is 54.4. The van der Waals surface area contributed by atoms with Gasteiger partial charge < -0.3 is 58.0 Å². The van der Waals surface area contributed by atoms with Crippen molar-refractivity contribution in [3.63, 3.8) is 0 Å². The largest absolute Gasteiger partial charge is 0.462 e. The van der Waals surface area contributed by atoms with Gasteiger partial charge in [0.1, 0.15) is 25.9 Å². The number of hydrogen-bond acceptors (Lipinski definition) is 16. The monoisotopic (exact) mass is 987 g/mol. The standard InChI is InChI=1S/C53H98N2O14/c1-4-6-8-10-12-19-26-33-67-51(57)28-22-16-14-18-24-31-64-47-50(66-32-25-21-15-17-23-29-52(58)68-34-27-20-13-11-9-7-5-2)48-65-41-40-62-37-36-61-38-39-63-42-43-69-53(59)46-55-45-49(56)44-54-30-35-60-3/h19-20,26-27,50,54-55H,4-18,21-25,28-48H2,1-3H3/b26-19-,27-20-. The van der Waals surface area contributed by atoms with Crippen LogP contribution in [0.5, 0.6) is 0 Å². The van der Waals surface area contributed by atoms with Crippen LogP contribution in [-0.2, 0) is 66.5 Å². The molecule has 0 aromatic carbocycles. The van der Waals surface area contributed by atoms with Crippen molar-refractivity contribution in [1.82, 2.24) is 10.6 Å². The average Bonchev–Trinajstić information content (AvgIpc) is 3.34. The first kappa shape index (κ1) is 66.2. The molecule has 16 nitrogen and oxygen atoms in total. The lowest BCUT2D eigenvalue weighted by molar-refractivity contribution is -0.144. The number of allylic oxidation sites excluding steroid dienone is 2. The van der Waals surface area contributed by atoms with Crippen LogP contribution in [0.4, 0.5) is 0 Å². The van der Waals surface area contributed by atoms with E-state index in [0.29, 0.717) is 105 Å². The van der Waals surface area contributed by atoms with Crippen molar-refractivity contribution in [3.05, 3.63) is 24.3 Å². The second-order valence-electron chi connectivity index (χ2n) is 17.1. The van der Waals surface area contributed by atoms with E-state index >= 15 is 0 Å². The van der Waals surface area contributed by atoms with Crippen LogP contribution < -0.4 is 10.6 Å². The fourth-order valence-electron chi connectivity index (χ4n) is 6.60. The van der Waals surface area contributed by atoms with Crippen molar-refractivity contribution >= 4 is 23.7 Å². The van der Waals surface area contributed by atoms with Crippen molar-refractivity contribution in [1.29, 1.82) is 0 Å². The summed E-state index contributed by atoms with van der Waals surface area (Å²) in [6, 6.07) is 0. The molecule has 16 heteroatoms. The van der Waals surface area contributed by atoms with Crippen LogP contribution in [0.2, 0.25) is 0 Å².